The second kappa shape index (κ2) is 8.17. The Morgan fingerprint density at radius 3 is 2.79 bits per heavy atom. The number of rotatable bonds is 7. The van der Waals surface area contributed by atoms with Crippen molar-refractivity contribution < 1.29 is 14.3 Å². The predicted octanol–water partition coefficient (Wildman–Crippen LogP) is 2.89. The number of ether oxygens (including phenoxy) is 2. The lowest BCUT2D eigenvalue weighted by atomic mass is 10.2. The molecule has 0 fully saturated rings. The summed E-state index contributed by atoms with van der Waals surface area (Å²) in [4.78, 5) is 11.2. The maximum Gasteiger partial charge on any atom is 0.344 e. The molecule has 0 aliphatic heterocycles. The third kappa shape index (κ3) is 6.07. The van der Waals surface area contributed by atoms with E-state index in [1.165, 1.54) is 0 Å². The normalized spacial score (nSPS) is 10.6. The molecule has 106 valence electrons. The molecular weight excluding hydrogens is 310 g/mol. The highest BCUT2D eigenvalue weighted by molar-refractivity contribution is 9.10. The van der Waals surface area contributed by atoms with Crippen molar-refractivity contribution in [3.63, 3.8) is 0 Å². The van der Waals surface area contributed by atoms with Crippen molar-refractivity contribution >= 4 is 21.9 Å². The fourth-order valence-corrected chi connectivity index (χ4v) is 1.82. The molecule has 19 heavy (non-hydrogen) atoms. The van der Waals surface area contributed by atoms with Gasteiger partial charge in [-0.1, -0.05) is 29.8 Å². The molecule has 1 aromatic carbocycles. The smallest absolute Gasteiger partial charge is 0.344 e. The van der Waals surface area contributed by atoms with E-state index in [4.69, 9.17) is 9.47 Å². The average Bonchev–Trinajstić information content (AvgIpc) is 2.36. The maximum absolute atomic E-state index is 11.2. The van der Waals surface area contributed by atoms with Crippen LogP contribution in [-0.4, -0.2) is 25.2 Å². The Balaban J connectivity index is 2.60. The van der Waals surface area contributed by atoms with Gasteiger partial charge in [0.25, 0.3) is 0 Å². The van der Waals surface area contributed by atoms with Crippen LogP contribution in [0.25, 0.3) is 0 Å². The predicted molar refractivity (Wildman–Crippen MR) is 78.2 cm³/mol. The van der Waals surface area contributed by atoms with Crippen LogP contribution in [0.3, 0.4) is 0 Å². The highest BCUT2D eigenvalue weighted by Crippen LogP contribution is 2.22. The van der Waals surface area contributed by atoms with Gasteiger partial charge in [0, 0.05) is 17.1 Å². The van der Waals surface area contributed by atoms with E-state index in [9.17, 15) is 4.79 Å². The van der Waals surface area contributed by atoms with Crippen LogP contribution in [0, 0.1) is 0 Å². The van der Waals surface area contributed by atoms with Gasteiger partial charge < -0.3 is 14.8 Å². The molecule has 1 aromatic rings. The van der Waals surface area contributed by atoms with E-state index in [2.05, 4.69) is 35.1 Å². The number of carbonyl (C=O) groups is 1. The van der Waals surface area contributed by atoms with Crippen LogP contribution in [0.5, 0.6) is 5.75 Å². The summed E-state index contributed by atoms with van der Waals surface area (Å²) in [6, 6.07) is 6.06. The molecule has 0 unspecified atom stereocenters. The van der Waals surface area contributed by atoms with E-state index >= 15 is 0 Å². The minimum atomic E-state index is -0.354. The van der Waals surface area contributed by atoms with Crippen molar-refractivity contribution in [3.8, 4) is 5.75 Å². The number of hydrogen-bond acceptors (Lipinski definition) is 4. The van der Waals surface area contributed by atoms with Crippen LogP contribution in [-0.2, 0) is 16.1 Å². The van der Waals surface area contributed by atoms with E-state index in [1.54, 1.807) is 6.92 Å². The zero-order valence-corrected chi connectivity index (χ0v) is 13.1. The fourth-order valence-electron chi connectivity index (χ4n) is 1.44. The first-order chi connectivity index (χ1) is 9.02. The summed E-state index contributed by atoms with van der Waals surface area (Å²) in [7, 11) is 0. The van der Waals surface area contributed by atoms with Crippen molar-refractivity contribution in [1.82, 2.24) is 5.32 Å². The summed E-state index contributed by atoms with van der Waals surface area (Å²) >= 11 is 3.50. The van der Waals surface area contributed by atoms with Gasteiger partial charge in [-0.2, -0.15) is 0 Å². The van der Waals surface area contributed by atoms with Gasteiger partial charge in [0.05, 0.1) is 6.61 Å². The Kier molecular flexibility index (Phi) is 6.87. The fraction of sp³-hybridized carbons (Fsp3) is 0.500. The Hall–Kier alpha value is -1.07. The molecule has 5 heteroatoms. The Morgan fingerprint density at radius 2 is 2.16 bits per heavy atom. The molecule has 0 atom stereocenters. The lowest BCUT2D eigenvalue weighted by Crippen LogP contribution is -2.22. The molecule has 1 N–H and O–H groups in total. The van der Waals surface area contributed by atoms with Gasteiger partial charge in [-0.3, -0.25) is 0 Å². The summed E-state index contributed by atoms with van der Waals surface area (Å²) in [5.41, 5.74) is 1.09. The molecule has 0 aliphatic rings. The average molecular weight is 330 g/mol. The first-order valence-corrected chi connectivity index (χ1v) is 7.12. The van der Waals surface area contributed by atoms with E-state index < -0.39 is 0 Å². The molecule has 4 nitrogen and oxygen atoms in total. The molecule has 0 bridgehead atoms. The SMILES string of the molecule is CCOC(=O)COc1ccc(Br)c(CNC(C)C)c1. The number of benzene rings is 1. The molecule has 0 amide bonds. The molecule has 0 aliphatic carbocycles. The number of halogens is 1. The lowest BCUT2D eigenvalue weighted by Gasteiger charge is -2.12. The van der Waals surface area contributed by atoms with E-state index in [0.29, 0.717) is 18.4 Å². The van der Waals surface area contributed by atoms with Gasteiger partial charge >= 0.3 is 5.97 Å². The molecule has 0 heterocycles. The number of carbonyl (C=O) groups excluding carboxylic acids is 1. The number of hydrogen-bond donors (Lipinski definition) is 1. The highest BCUT2D eigenvalue weighted by atomic mass is 79.9. The monoisotopic (exact) mass is 329 g/mol. The van der Waals surface area contributed by atoms with Crippen molar-refractivity contribution in [2.45, 2.75) is 33.4 Å². The molecule has 0 spiro atoms. The van der Waals surface area contributed by atoms with Gasteiger partial charge in [0.2, 0.25) is 0 Å². The van der Waals surface area contributed by atoms with Crippen LogP contribution >= 0.6 is 15.9 Å². The summed E-state index contributed by atoms with van der Waals surface area (Å²) in [6.45, 7) is 7.00. The lowest BCUT2D eigenvalue weighted by molar-refractivity contribution is -0.145. The Bertz CT molecular complexity index is 421. The molecule has 0 radical (unpaired) electrons. The van der Waals surface area contributed by atoms with Crippen molar-refractivity contribution in [3.05, 3.63) is 28.2 Å². The van der Waals surface area contributed by atoms with E-state index in [0.717, 1.165) is 16.6 Å². The van der Waals surface area contributed by atoms with Crippen LogP contribution < -0.4 is 10.1 Å². The zero-order chi connectivity index (χ0) is 14.3. The summed E-state index contributed by atoms with van der Waals surface area (Å²) in [5.74, 6) is 0.309. The van der Waals surface area contributed by atoms with Crippen molar-refractivity contribution in [2.75, 3.05) is 13.2 Å². The first kappa shape index (κ1) is 16.0. The van der Waals surface area contributed by atoms with Gasteiger partial charge in [-0.15, -0.1) is 0 Å². The Morgan fingerprint density at radius 1 is 1.42 bits per heavy atom. The van der Waals surface area contributed by atoms with Gasteiger partial charge in [0.15, 0.2) is 6.61 Å². The zero-order valence-electron chi connectivity index (χ0n) is 11.5. The van der Waals surface area contributed by atoms with Crippen LogP contribution in [0.4, 0.5) is 0 Å². The number of esters is 1. The standard InChI is InChI=1S/C14H20BrNO3/c1-4-18-14(17)9-19-12-5-6-13(15)11(7-12)8-16-10(2)3/h5-7,10,16H,4,8-9H2,1-3H3. The molecule has 1 rings (SSSR count). The van der Waals surface area contributed by atoms with Crippen LogP contribution in [0.1, 0.15) is 26.3 Å². The van der Waals surface area contributed by atoms with Gasteiger partial charge in [0.1, 0.15) is 5.75 Å². The molecule has 0 aromatic heterocycles. The molecular formula is C14H20BrNO3. The van der Waals surface area contributed by atoms with Gasteiger partial charge in [-0.05, 0) is 30.7 Å². The molecule has 0 saturated heterocycles. The van der Waals surface area contributed by atoms with Crippen molar-refractivity contribution in [2.24, 2.45) is 0 Å². The largest absolute Gasteiger partial charge is 0.482 e. The summed E-state index contributed by atoms with van der Waals surface area (Å²) in [5, 5.41) is 3.34. The minimum absolute atomic E-state index is 0.0630. The third-order valence-corrected chi connectivity index (χ3v) is 3.15. The highest BCUT2D eigenvalue weighted by Gasteiger charge is 2.06. The first-order valence-electron chi connectivity index (χ1n) is 6.33. The summed E-state index contributed by atoms with van der Waals surface area (Å²) < 4.78 is 11.2. The van der Waals surface area contributed by atoms with Gasteiger partial charge in [-0.25, -0.2) is 4.79 Å². The topological polar surface area (TPSA) is 47.6 Å². The van der Waals surface area contributed by atoms with Crippen LogP contribution in [0.2, 0.25) is 0 Å². The third-order valence-electron chi connectivity index (χ3n) is 2.38. The second-order valence-corrected chi connectivity index (χ2v) is 5.24. The Labute approximate surface area is 122 Å². The van der Waals surface area contributed by atoms with E-state index in [1.807, 2.05) is 18.2 Å². The quantitative estimate of drug-likeness (QED) is 0.781. The number of nitrogens with one attached hydrogen (secondary N) is 1. The van der Waals surface area contributed by atoms with Crippen molar-refractivity contribution in [1.29, 1.82) is 0 Å². The molecule has 0 saturated carbocycles. The van der Waals surface area contributed by atoms with E-state index in [-0.39, 0.29) is 12.6 Å². The minimum Gasteiger partial charge on any atom is -0.482 e. The van der Waals surface area contributed by atoms with Crippen LogP contribution in [0.15, 0.2) is 22.7 Å². The summed E-state index contributed by atoms with van der Waals surface area (Å²) in [6.07, 6.45) is 0. The maximum atomic E-state index is 11.2. The second-order valence-electron chi connectivity index (χ2n) is 4.38.